The van der Waals surface area contributed by atoms with Crippen LogP contribution in [0.2, 0.25) is 0 Å². The van der Waals surface area contributed by atoms with Crippen molar-refractivity contribution in [3.63, 3.8) is 0 Å². The Kier molecular flexibility index (Phi) is 7.34. The minimum absolute atomic E-state index is 0.0413. The summed E-state index contributed by atoms with van der Waals surface area (Å²) < 4.78 is 11.2. The zero-order valence-corrected chi connectivity index (χ0v) is 20.1. The molecular weight excluding hydrogens is 408 g/mol. The van der Waals surface area contributed by atoms with Gasteiger partial charge in [0.05, 0.1) is 0 Å². The molecule has 3 aliphatic rings. The van der Waals surface area contributed by atoms with Gasteiger partial charge in [-0.1, -0.05) is 0 Å². The first kappa shape index (κ1) is 23.4. The number of aromatic nitrogens is 3. The summed E-state index contributed by atoms with van der Waals surface area (Å²) in [6.07, 6.45) is 6.30. The van der Waals surface area contributed by atoms with Crippen molar-refractivity contribution < 1.29 is 9.47 Å². The van der Waals surface area contributed by atoms with E-state index in [1.54, 1.807) is 0 Å². The molecule has 0 unspecified atom stereocenters. The normalized spacial score (nSPS) is 22.7. The van der Waals surface area contributed by atoms with Gasteiger partial charge in [0, 0.05) is 56.6 Å². The van der Waals surface area contributed by atoms with Crippen LogP contribution < -0.4 is 16.0 Å². The second-order valence-corrected chi connectivity index (χ2v) is 9.89. The molecule has 3 fully saturated rings. The Morgan fingerprint density at radius 1 is 0.719 bits per heavy atom. The third-order valence-electron chi connectivity index (χ3n) is 7.44. The molecule has 3 N–H and O–H groups in total. The molecule has 0 amide bonds. The van der Waals surface area contributed by atoms with Gasteiger partial charge >= 0.3 is 0 Å². The first-order chi connectivity index (χ1) is 15.4. The summed E-state index contributed by atoms with van der Waals surface area (Å²) in [5, 5.41) is 10.5. The third kappa shape index (κ3) is 5.59. The molecule has 0 aromatic carbocycles. The number of anilines is 3. The number of hydrogen-bond donors (Lipinski definition) is 3. The maximum atomic E-state index is 5.61. The highest BCUT2D eigenvalue weighted by molar-refractivity contribution is 5.43. The summed E-state index contributed by atoms with van der Waals surface area (Å²) in [5.74, 6) is 1.87. The molecule has 2 saturated heterocycles. The molecule has 0 atom stereocenters. The van der Waals surface area contributed by atoms with Crippen molar-refractivity contribution in [1.82, 2.24) is 24.8 Å². The average Bonchev–Trinajstić information content (AvgIpc) is 3.61. The van der Waals surface area contributed by atoms with Crippen LogP contribution in [0.25, 0.3) is 0 Å². The van der Waals surface area contributed by atoms with E-state index in [2.05, 4.69) is 63.9 Å². The lowest BCUT2D eigenvalue weighted by molar-refractivity contribution is -0.000706. The van der Waals surface area contributed by atoms with Crippen molar-refractivity contribution in [1.29, 1.82) is 0 Å². The molecule has 1 aliphatic carbocycles. The molecule has 1 aromatic rings. The maximum absolute atomic E-state index is 5.61. The molecule has 3 heterocycles. The Labute approximate surface area is 191 Å². The summed E-state index contributed by atoms with van der Waals surface area (Å²) in [5.41, 5.74) is 0.0826. The van der Waals surface area contributed by atoms with Crippen molar-refractivity contribution in [2.24, 2.45) is 0 Å². The van der Waals surface area contributed by atoms with E-state index in [4.69, 9.17) is 14.5 Å². The summed E-state index contributed by atoms with van der Waals surface area (Å²) >= 11 is 0. The summed E-state index contributed by atoms with van der Waals surface area (Å²) in [6, 6.07) is 0.477. The Balaban J connectivity index is 1.48. The number of rotatable bonds is 10. The molecule has 10 heteroatoms. The van der Waals surface area contributed by atoms with E-state index >= 15 is 0 Å². The van der Waals surface area contributed by atoms with Crippen molar-refractivity contribution in [2.45, 2.75) is 55.6 Å². The van der Waals surface area contributed by atoms with Gasteiger partial charge < -0.3 is 35.2 Å². The van der Waals surface area contributed by atoms with Gasteiger partial charge in [0.15, 0.2) is 0 Å². The molecule has 0 bridgehead atoms. The van der Waals surface area contributed by atoms with Gasteiger partial charge in [0.1, 0.15) is 0 Å². The zero-order valence-electron chi connectivity index (χ0n) is 20.1. The van der Waals surface area contributed by atoms with Crippen molar-refractivity contribution >= 4 is 17.8 Å². The van der Waals surface area contributed by atoms with Crippen LogP contribution in [0.15, 0.2) is 0 Å². The van der Waals surface area contributed by atoms with E-state index in [9.17, 15) is 0 Å². The molecular formula is C22H40N8O2. The van der Waals surface area contributed by atoms with Crippen LogP contribution in [-0.4, -0.2) is 110 Å². The smallest absolute Gasteiger partial charge is 0.229 e. The van der Waals surface area contributed by atoms with Crippen LogP contribution in [0.4, 0.5) is 17.8 Å². The lowest BCUT2D eigenvalue weighted by atomic mass is 9.88. The van der Waals surface area contributed by atoms with Gasteiger partial charge in [0.25, 0.3) is 0 Å². The molecule has 1 aromatic heterocycles. The van der Waals surface area contributed by atoms with Crippen LogP contribution in [0.5, 0.6) is 0 Å². The lowest BCUT2D eigenvalue weighted by Crippen LogP contribution is -2.53. The van der Waals surface area contributed by atoms with Gasteiger partial charge in [-0.05, 0) is 66.7 Å². The number of ether oxygens (including phenoxy) is 2. The molecule has 180 valence electrons. The fraction of sp³-hybridized carbons (Fsp3) is 0.864. The summed E-state index contributed by atoms with van der Waals surface area (Å²) in [7, 11) is 8.56. The van der Waals surface area contributed by atoms with E-state index in [0.717, 1.165) is 65.2 Å². The summed E-state index contributed by atoms with van der Waals surface area (Å²) in [4.78, 5) is 18.7. The molecule has 2 aliphatic heterocycles. The fourth-order valence-corrected chi connectivity index (χ4v) is 4.56. The second-order valence-electron chi connectivity index (χ2n) is 9.89. The minimum atomic E-state index is 0.0413. The predicted octanol–water partition coefficient (Wildman–Crippen LogP) is 1.49. The van der Waals surface area contributed by atoms with E-state index in [0.29, 0.717) is 23.9 Å². The second kappa shape index (κ2) is 10.0. The van der Waals surface area contributed by atoms with E-state index in [-0.39, 0.29) is 11.1 Å². The lowest BCUT2D eigenvalue weighted by Gasteiger charge is -2.43. The van der Waals surface area contributed by atoms with E-state index in [1.807, 2.05) is 0 Å². The van der Waals surface area contributed by atoms with E-state index in [1.165, 1.54) is 12.8 Å². The SMILES string of the molecule is CN(C)C1(CNc2nc(NCC3(N(C)C)CCOCC3)nc(NC3CC3)n2)CCOCC1. The Bertz CT molecular complexity index is 691. The fourth-order valence-electron chi connectivity index (χ4n) is 4.56. The van der Waals surface area contributed by atoms with Crippen molar-refractivity contribution in [3.8, 4) is 0 Å². The predicted molar refractivity (Wildman–Crippen MR) is 126 cm³/mol. The molecule has 32 heavy (non-hydrogen) atoms. The molecule has 0 radical (unpaired) electrons. The Hall–Kier alpha value is -1.75. The monoisotopic (exact) mass is 448 g/mol. The van der Waals surface area contributed by atoms with Crippen LogP contribution in [0.3, 0.4) is 0 Å². The first-order valence-electron chi connectivity index (χ1n) is 11.9. The zero-order chi connectivity index (χ0) is 22.6. The van der Waals surface area contributed by atoms with Gasteiger partial charge in [-0.15, -0.1) is 0 Å². The van der Waals surface area contributed by atoms with Gasteiger partial charge in [-0.3, -0.25) is 0 Å². The average molecular weight is 449 g/mol. The van der Waals surface area contributed by atoms with Gasteiger partial charge in [-0.25, -0.2) is 0 Å². The third-order valence-corrected chi connectivity index (χ3v) is 7.44. The molecule has 4 rings (SSSR count). The van der Waals surface area contributed by atoms with Crippen molar-refractivity contribution in [3.05, 3.63) is 0 Å². The topological polar surface area (TPSA) is 99.7 Å². The molecule has 1 saturated carbocycles. The number of likely N-dealkylation sites (N-methyl/N-ethyl adjacent to an activating group) is 2. The van der Waals surface area contributed by atoms with Gasteiger partial charge in [0.2, 0.25) is 17.8 Å². The molecule has 10 nitrogen and oxygen atoms in total. The Morgan fingerprint density at radius 3 is 1.50 bits per heavy atom. The molecule has 0 spiro atoms. The Morgan fingerprint density at radius 2 is 1.12 bits per heavy atom. The standard InChI is InChI=1S/C22H40N8O2/c1-29(2)21(7-11-31-12-8-21)15-23-18-26-19(28-20(27-18)25-17-5-6-17)24-16-22(30(3)4)9-13-32-14-10-22/h17H,5-16H2,1-4H3,(H3,23,24,25,26,27,28). The quantitative estimate of drug-likeness (QED) is 0.488. The number of hydrogen-bond acceptors (Lipinski definition) is 10. The summed E-state index contributed by atoms with van der Waals surface area (Å²) in [6.45, 7) is 4.69. The largest absolute Gasteiger partial charge is 0.381 e. The number of nitrogens with zero attached hydrogens (tertiary/aromatic N) is 5. The van der Waals surface area contributed by atoms with Crippen LogP contribution >= 0.6 is 0 Å². The first-order valence-corrected chi connectivity index (χ1v) is 11.9. The van der Waals surface area contributed by atoms with Crippen LogP contribution in [0, 0.1) is 0 Å². The van der Waals surface area contributed by atoms with Crippen molar-refractivity contribution in [2.75, 3.05) is 83.7 Å². The number of nitrogens with one attached hydrogen (secondary N) is 3. The minimum Gasteiger partial charge on any atom is -0.381 e. The maximum Gasteiger partial charge on any atom is 0.229 e. The highest BCUT2D eigenvalue weighted by atomic mass is 16.5. The van der Waals surface area contributed by atoms with E-state index < -0.39 is 0 Å². The van der Waals surface area contributed by atoms with Crippen LogP contribution in [0.1, 0.15) is 38.5 Å². The van der Waals surface area contributed by atoms with Gasteiger partial charge in [-0.2, -0.15) is 15.0 Å². The van der Waals surface area contributed by atoms with Crippen LogP contribution in [-0.2, 0) is 9.47 Å². The highest BCUT2D eigenvalue weighted by Crippen LogP contribution is 2.29. The highest BCUT2D eigenvalue weighted by Gasteiger charge is 2.36.